The molecular weight excluding hydrogens is 293 g/mol. The summed E-state index contributed by atoms with van der Waals surface area (Å²) >= 11 is 1.08. The quantitative estimate of drug-likeness (QED) is 0.843. The number of rotatable bonds is 5. The summed E-state index contributed by atoms with van der Waals surface area (Å²) in [5.41, 5.74) is -0.785. The Morgan fingerprint density at radius 2 is 2.05 bits per heavy atom. The average Bonchev–Trinajstić information content (AvgIpc) is 2.29. The minimum atomic E-state index is -3.75. The second-order valence-corrected chi connectivity index (χ2v) is 6.47. The van der Waals surface area contributed by atoms with Crippen molar-refractivity contribution in [2.24, 2.45) is 0 Å². The third kappa shape index (κ3) is 3.19. The van der Waals surface area contributed by atoms with Crippen molar-refractivity contribution in [2.45, 2.75) is 11.8 Å². The molecule has 1 aromatic rings. The molecule has 0 saturated carbocycles. The summed E-state index contributed by atoms with van der Waals surface area (Å²) in [7, 11) is -3.75. The van der Waals surface area contributed by atoms with Gasteiger partial charge in [0.2, 0.25) is 10.0 Å². The molecule has 1 aromatic carbocycles. The third-order valence-electron chi connectivity index (χ3n) is 2.47. The van der Waals surface area contributed by atoms with E-state index in [1.807, 2.05) is 0 Å². The van der Waals surface area contributed by atoms with E-state index >= 15 is 0 Å². The number of aromatic carboxylic acids is 1. The molecule has 0 aliphatic heterocycles. The molecule has 1 N–H and O–H groups in total. The number of carbonyl (C=O) groups is 1. The van der Waals surface area contributed by atoms with Gasteiger partial charge >= 0.3 is 5.97 Å². The van der Waals surface area contributed by atoms with Gasteiger partial charge in [0.05, 0.1) is 11.8 Å². The van der Waals surface area contributed by atoms with E-state index in [9.17, 15) is 17.6 Å². The molecule has 0 spiro atoms. The van der Waals surface area contributed by atoms with Gasteiger partial charge in [0.1, 0.15) is 5.69 Å². The molecule has 0 atom stereocenters. The van der Waals surface area contributed by atoms with Gasteiger partial charge in [0.15, 0.2) is 5.82 Å². The fourth-order valence-electron chi connectivity index (χ4n) is 1.68. The van der Waals surface area contributed by atoms with E-state index in [0.717, 1.165) is 22.3 Å². The smallest absolute Gasteiger partial charge is 0.337 e. The lowest BCUT2D eigenvalue weighted by atomic mass is 10.1. The van der Waals surface area contributed by atoms with Gasteiger partial charge in [0, 0.05) is 11.4 Å². The zero-order valence-electron chi connectivity index (χ0n) is 10.7. The summed E-state index contributed by atoms with van der Waals surface area (Å²) in [6, 6.07) is 2.53. The number of nitrogens with zero attached hydrogens (tertiary/aromatic N) is 1. The summed E-state index contributed by atoms with van der Waals surface area (Å²) in [5, 5.41) is 9.07. The van der Waals surface area contributed by atoms with E-state index in [1.54, 1.807) is 6.26 Å². The van der Waals surface area contributed by atoms with Crippen LogP contribution in [0, 0.1) is 5.82 Å². The highest BCUT2D eigenvalue weighted by molar-refractivity contribution is 7.98. The lowest BCUT2D eigenvalue weighted by Gasteiger charge is -2.23. The van der Waals surface area contributed by atoms with Crippen molar-refractivity contribution < 1.29 is 22.7 Å². The van der Waals surface area contributed by atoms with Crippen LogP contribution in [-0.2, 0) is 10.0 Å². The second kappa shape index (κ2) is 5.79. The van der Waals surface area contributed by atoms with Crippen LogP contribution in [0.15, 0.2) is 17.0 Å². The van der Waals surface area contributed by atoms with Crippen LogP contribution in [0.4, 0.5) is 10.1 Å². The number of halogens is 1. The molecule has 0 fully saturated rings. The van der Waals surface area contributed by atoms with Gasteiger partial charge in [-0.2, -0.15) is 0 Å². The first-order valence-corrected chi connectivity index (χ1v) is 8.38. The van der Waals surface area contributed by atoms with Gasteiger partial charge in [-0.1, -0.05) is 0 Å². The maximum atomic E-state index is 14.3. The number of carboxylic acids is 1. The Kier molecular flexibility index (Phi) is 4.81. The number of carboxylic acid groups (broad SMARTS) is 1. The van der Waals surface area contributed by atoms with E-state index in [1.165, 1.54) is 19.1 Å². The molecule has 0 saturated heterocycles. The summed E-state index contributed by atoms with van der Waals surface area (Å²) in [5.74, 6) is -2.21. The summed E-state index contributed by atoms with van der Waals surface area (Å²) in [4.78, 5) is 11.3. The molecular formula is C11H14FNO4S2. The first kappa shape index (κ1) is 15.8. The SMILES string of the molecule is CCN(c1c(C(=O)O)ccc(SC)c1F)S(C)(=O)=O. The van der Waals surface area contributed by atoms with Crippen molar-refractivity contribution >= 4 is 33.4 Å². The van der Waals surface area contributed by atoms with Crippen molar-refractivity contribution in [1.82, 2.24) is 0 Å². The Morgan fingerprint density at radius 1 is 1.47 bits per heavy atom. The average molecular weight is 307 g/mol. The third-order valence-corrected chi connectivity index (χ3v) is 4.46. The fourth-order valence-corrected chi connectivity index (χ4v) is 3.14. The van der Waals surface area contributed by atoms with Crippen molar-refractivity contribution in [1.29, 1.82) is 0 Å². The molecule has 0 heterocycles. The maximum Gasteiger partial charge on any atom is 0.337 e. The van der Waals surface area contributed by atoms with E-state index in [2.05, 4.69) is 0 Å². The van der Waals surface area contributed by atoms with E-state index in [-0.39, 0.29) is 17.0 Å². The lowest BCUT2D eigenvalue weighted by molar-refractivity contribution is 0.0697. The van der Waals surface area contributed by atoms with Crippen LogP contribution in [-0.4, -0.2) is 38.5 Å². The van der Waals surface area contributed by atoms with Crippen LogP contribution >= 0.6 is 11.8 Å². The number of sulfonamides is 1. The molecule has 0 aliphatic carbocycles. The zero-order chi connectivity index (χ0) is 14.8. The van der Waals surface area contributed by atoms with Gasteiger partial charge in [0.25, 0.3) is 0 Å². The second-order valence-electron chi connectivity index (χ2n) is 3.71. The lowest BCUT2D eigenvalue weighted by Crippen LogP contribution is -2.32. The van der Waals surface area contributed by atoms with Crippen molar-refractivity contribution in [3.05, 3.63) is 23.5 Å². The molecule has 0 radical (unpaired) electrons. The summed E-state index contributed by atoms with van der Waals surface area (Å²) in [6.07, 6.45) is 2.53. The standard InChI is InChI=1S/C11H14FNO4S2/c1-4-13(19(3,16)17)10-7(11(14)15)5-6-8(18-2)9(10)12/h5-6H,4H2,1-3H3,(H,14,15). The number of anilines is 1. The monoisotopic (exact) mass is 307 g/mol. The first-order chi connectivity index (χ1) is 8.73. The highest BCUT2D eigenvalue weighted by atomic mass is 32.2. The van der Waals surface area contributed by atoms with Gasteiger partial charge in [-0.05, 0) is 25.3 Å². The Labute approximate surface area is 115 Å². The largest absolute Gasteiger partial charge is 0.478 e. The van der Waals surface area contributed by atoms with Crippen LogP contribution in [0.25, 0.3) is 0 Å². The van der Waals surface area contributed by atoms with E-state index < -0.39 is 27.5 Å². The molecule has 106 valence electrons. The number of hydrogen-bond acceptors (Lipinski definition) is 4. The highest BCUT2D eigenvalue weighted by Gasteiger charge is 2.27. The minimum Gasteiger partial charge on any atom is -0.478 e. The predicted molar refractivity (Wildman–Crippen MR) is 73.0 cm³/mol. The zero-order valence-corrected chi connectivity index (χ0v) is 12.3. The fraction of sp³-hybridized carbons (Fsp3) is 0.364. The molecule has 8 heteroatoms. The van der Waals surface area contributed by atoms with Crippen molar-refractivity contribution in [3.8, 4) is 0 Å². The van der Waals surface area contributed by atoms with E-state index in [4.69, 9.17) is 5.11 Å². The summed E-state index contributed by atoms with van der Waals surface area (Å²) in [6.45, 7) is 1.46. The number of benzene rings is 1. The minimum absolute atomic E-state index is 0.0478. The Hall–Kier alpha value is -1.28. The molecule has 0 aliphatic rings. The molecule has 0 amide bonds. The molecule has 0 aromatic heterocycles. The van der Waals surface area contributed by atoms with Gasteiger partial charge < -0.3 is 5.11 Å². The van der Waals surface area contributed by atoms with Gasteiger partial charge in [-0.15, -0.1) is 11.8 Å². The maximum absolute atomic E-state index is 14.3. The number of hydrogen-bond donors (Lipinski definition) is 1. The van der Waals surface area contributed by atoms with Crippen LogP contribution < -0.4 is 4.31 Å². The van der Waals surface area contributed by atoms with E-state index in [0.29, 0.717) is 0 Å². The van der Waals surface area contributed by atoms with Crippen LogP contribution in [0.5, 0.6) is 0 Å². The Morgan fingerprint density at radius 3 is 2.42 bits per heavy atom. The first-order valence-electron chi connectivity index (χ1n) is 5.31. The number of thioether (sulfide) groups is 1. The van der Waals surface area contributed by atoms with Gasteiger partial charge in [-0.25, -0.2) is 17.6 Å². The van der Waals surface area contributed by atoms with Crippen LogP contribution in [0.1, 0.15) is 17.3 Å². The van der Waals surface area contributed by atoms with Crippen LogP contribution in [0.3, 0.4) is 0 Å². The predicted octanol–water partition coefficient (Wildman–Crippen LogP) is 2.03. The van der Waals surface area contributed by atoms with Crippen molar-refractivity contribution in [2.75, 3.05) is 23.4 Å². The van der Waals surface area contributed by atoms with Crippen LogP contribution in [0.2, 0.25) is 0 Å². The topological polar surface area (TPSA) is 74.7 Å². The van der Waals surface area contributed by atoms with Gasteiger partial charge in [-0.3, -0.25) is 4.31 Å². The molecule has 0 unspecified atom stereocenters. The van der Waals surface area contributed by atoms with Crippen molar-refractivity contribution in [3.63, 3.8) is 0 Å². The molecule has 1 rings (SSSR count). The Bertz CT molecular complexity index is 601. The normalized spacial score (nSPS) is 11.4. The Balaban J connectivity index is 3.66. The molecule has 5 nitrogen and oxygen atoms in total. The summed E-state index contributed by atoms with van der Waals surface area (Å²) < 4.78 is 38.3. The highest BCUT2D eigenvalue weighted by Crippen LogP contribution is 2.32. The molecule has 19 heavy (non-hydrogen) atoms. The molecule has 0 bridgehead atoms.